The molecule has 1 aliphatic carbocycles. The van der Waals surface area contributed by atoms with E-state index in [4.69, 9.17) is 4.74 Å². The van der Waals surface area contributed by atoms with Crippen molar-refractivity contribution in [3.05, 3.63) is 28.7 Å². The van der Waals surface area contributed by atoms with E-state index in [9.17, 15) is 4.79 Å². The summed E-state index contributed by atoms with van der Waals surface area (Å²) in [5, 5.41) is 3.34. The van der Waals surface area contributed by atoms with Crippen molar-refractivity contribution in [3.8, 4) is 0 Å². The molecular formula is C15H20BrNO2. The smallest absolute Gasteiger partial charge is 0.328 e. The second-order valence-corrected chi connectivity index (χ2v) is 5.97. The van der Waals surface area contributed by atoms with Crippen LogP contribution in [0.2, 0.25) is 0 Å². The SMILES string of the molecule is COC(=O)C(Nc1cccc(Br)c1)C1CCCCC1. The van der Waals surface area contributed by atoms with E-state index in [0.29, 0.717) is 5.92 Å². The van der Waals surface area contributed by atoms with Crippen molar-refractivity contribution in [1.29, 1.82) is 0 Å². The third-order valence-electron chi connectivity index (χ3n) is 3.72. The van der Waals surface area contributed by atoms with Gasteiger partial charge in [-0.05, 0) is 37.0 Å². The summed E-state index contributed by atoms with van der Waals surface area (Å²) in [5.74, 6) is 0.215. The van der Waals surface area contributed by atoms with Crippen LogP contribution in [0.15, 0.2) is 28.7 Å². The normalized spacial score (nSPS) is 17.8. The van der Waals surface area contributed by atoms with E-state index >= 15 is 0 Å². The van der Waals surface area contributed by atoms with Crippen LogP contribution in [0.25, 0.3) is 0 Å². The highest BCUT2D eigenvalue weighted by Gasteiger charge is 2.30. The standard InChI is InChI=1S/C15H20BrNO2/c1-19-15(18)14(11-6-3-2-4-7-11)17-13-9-5-8-12(16)10-13/h5,8-11,14,17H,2-4,6-7H2,1H3. The molecule has 104 valence electrons. The van der Waals surface area contributed by atoms with Gasteiger partial charge in [-0.1, -0.05) is 41.3 Å². The number of hydrogen-bond acceptors (Lipinski definition) is 3. The average Bonchev–Trinajstić information content (AvgIpc) is 2.45. The zero-order valence-corrected chi connectivity index (χ0v) is 12.8. The van der Waals surface area contributed by atoms with E-state index in [0.717, 1.165) is 23.0 Å². The molecule has 1 aromatic carbocycles. The van der Waals surface area contributed by atoms with E-state index < -0.39 is 0 Å². The molecule has 0 amide bonds. The van der Waals surface area contributed by atoms with Crippen molar-refractivity contribution in [1.82, 2.24) is 0 Å². The van der Waals surface area contributed by atoms with Crippen LogP contribution in [-0.4, -0.2) is 19.1 Å². The highest BCUT2D eigenvalue weighted by molar-refractivity contribution is 9.10. The Hall–Kier alpha value is -1.03. The fourth-order valence-corrected chi connectivity index (χ4v) is 3.12. The number of esters is 1. The largest absolute Gasteiger partial charge is 0.467 e. The summed E-state index contributed by atoms with van der Waals surface area (Å²) < 4.78 is 5.96. The van der Waals surface area contributed by atoms with Gasteiger partial charge in [0.2, 0.25) is 0 Å². The zero-order chi connectivity index (χ0) is 13.7. The Labute approximate surface area is 122 Å². The van der Waals surface area contributed by atoms with Crippen LogP contribution < -0.4 is 5.32 Å². The molecule has 0 saturated heterocycles. The molecule has 19 heavy (non-hydrogen) atoms. The molecule has 0 bridgehead atoms. The number of nitrogens with one attached hydrogen (secondary N) is 1. The van der Waals surface area contributed by atoms with E-state index in [-0.39, 0.29) is 12.0 Å². The lowest BCUT2D eigenvalue weighted by molar-refractivity contribution is -0.143. The van der Waals surface area contributed by atoms with Gasteiger partial charge in [0.15, 0.2) is 0 Å². The van der Waals surface area contributed by atoms with Crippen molar-refractivity contribution in [2.24, 2.45) is 5.92 Å². The number of carbonyl (C=O) groups excluding carboxylic acids is 1. The van der Waals surface area contributed by atoms with Gasteiger partial charge in [0.1, 0.15) is 6.04 Å². The van der Waals surface area contributed by atoms with E-state index in [1.54, 1.807) is 0 Å². The van der Waals surface area contributed by atoms with Gasteiger partial charge >= 0.3 is 5.97 Å². The molecule has 1 atom stereocenters. The summed E-state index contributed by atoms with van der Waals surface area (Å²) in [6.07, 6.45) is 5.89. The van der Waals surface area contributed by atoms with Crippen molar-refractivity contribution in [2.45, 2.75) is 38.1 Å². The minimum absolute atomic E-state index is 0.160. The molecular weight excluding hydrogens is 306 g/mol. The van der Waals surface area contributed by atoms with Crippen LogP contribution in [0.1, 0.15) is 32.1 Å². The quantitative estimate of drug-likeness (QED) is 0.851. The number of ether oxygens (including phenoxy) is 1. The van der Waals surface area contributed by atoms with Crippen molar-refractivity contribution in [2.75, 3.05) is 12.4 Å². The maximum Gasteiger partial charge on any atom is 0.328 e. The first-order chi connectivity index (χ1) is 9.20. The van der Waals surface area contributed by atoms with Gasteiger partial charge in [0, 0.05) is 10.2 Å². The molecule has 1 saturated carbocycles. The van der Waals surface area contributed by atoms with Gasteiger partial charge in [-0.25, -0.2) is 4.79 Å². The predicted molar refractivity (Wildman–Crippen MR) is 80.1 cm³/mol. The molecule has 0 radical (unpaired) electrons. The number of rotatable bonds is 4. The molecule has 0 spiro atoms. The molecule has 3 nitrogen and oxygen atoms in total. The molecule has 4 heteroatoms. The maximum absolute atomic E-state index is 12.0. The summed E-state index contributed by atoms with van der Waals surface area (Å²) >= 11 is 3.45. The summed E-state index contributed by atoms with van der Waals surface area (Å²) in [5.41, 5.74) is 0.954. The number of hydrogen-bond donors (Lipinski definition) is 1. The van der Waals surface area contributed by atoms with E-state index in [1.165, 1.54) is 26.4 Å². The molecule has 1 aromatic rings. The van der Waals surface area contributed by atoms with Gasteiger partial charge in [-0.3, -0.25) is 0 Å². The number of anilines is 1. The summed E-state index contributed by atoms with van der Waals surface area (Å²) in [4.78, 5) is 12.0. The Kier molecular flexibility index (Phi) is 5.25. The van der Waals surface area contributed by atoms with Gasteiger partial charge in [-0.2, -0.15) is 0 Å². The molecule has 1 N–H and O–H groups in total. The molecule has 1 fully saturated rings. The highest BCUT2D eigenvalue weighted by atomic mass is 79.9. The highest BCUT2D eigenvalue weighted by Crippen LogP contribution is 2.29. The number of benzene rings is 1. The van der Waals surface area contributed by atoms with Crippen LogP contribution in [0, 0.1) is 5.92 Å². The molecule has 0 heterocycles. The van der Waals surface area contributed by atoms with Crippen molar-refractivity contribution >= 4 is 27.6 Å². The Balaban J connectivity index is 2.11. The predicted octanol–water partition coefficient (Wildman–Crippen LogP) is 3.98. The number of carbonyl (C=O) groups is 1. The van der Waals surface area contributed by atoms with E-state index in [1.807, 2.05) is 24.3 Å². The van der Waals surface area contributed by atoms with Crippen molar-refractivity contribution < 1.29 is 9.53 Å². The third-order valence-corrected chi connectivity index (χ3v) is 4.22. The van der Waals surface area contributed by atoms with Crippen LogP contribution in [-0.2, 0) is 9.53 Å². The van der Waals surface area contributed by atoms with Gasteiger partial charge in [0.05, 0.1) is 7.11 Å². The zero-order valence-electron chi connectivity index (χ0n) is 11.2. The van der Waals surface area contributed by atoms with Crippen molar-refractivity contribution in [3.63, 3.8) is 0 Å². The molecule has 2 rings (SSSR count). The fourth-order valence-electron chi connectivity index (χ4n) is 2.72. The van der Waals surface area contributed by atoms with Gasteiger partial charge in [-0.15, -0.1) is 0 Å². The Morgan fingerprint density at radius 1 is 1.37 bits per heavy atom. The lowest BCUT2D eigenvalue weighted by atomic mass is 9.83. The molecule has 0 aromatic heterocycles. The number of halogens is 1. The van der Waals surface area contributed by atoms with Crippen LogP contribution >= 0.6 is 15.9 Å². The Morgan fingerprint density at radius 3 is 2.74 bits per heavy atom. The minimum Gasteiger partial charge on any atom is -0.467 e. The molecule has 1 aliphatic rings. The molecule has 0 aliphatic heterocycles. The first-order valence-electron chi connectivity index (χ1n) is 6.80. The van der Waals surface area contributed by atoms with Crippen LogP contribution in [0.4, 0.5) is 5.69 Å². The lowest BCUT2D eigenvalue weighted by Crippen LogP contribution is -2.38. The summed E-state index contributed by atoms with van der Waals surface area (Å²) in [6, 6.07) is 7.66. The Bertz CT molecular complexity index is 430. The van der Waals surface area contributed by atoms with Gasteiger partial charge < -0.3 is 10.1 Å². The van der Waals surface area contributed by atoms with E-state index in [2.05, 4.69) is 21.2 Å². The van der Waals surface area contributed by atoms with Crippen LogP contribution in [0.3, 0.4) is 0 Å². The minimum atomic E-state index is -0.236. The summed E-state index contributed by atoms with van der Waals surface area (Å²) in [7, 11) is 1.46. The monoisotopic (exact) mass is 325 g/mol. The maximum atomic E-state index is 12.0. The Morgan fingerprint density at radius 2 is 2.11 bits per heavy atom. The van der Waals surface area contributed by atoms with Gasteiger partial charge in [0.25, 0.3) is 0 Å². The topological polar surface area (TPSA) is 38.3 Å². The second-order valence-electron chi connectivity index (χ2n) is 5.05. The lowest BCUT2D eigenvalue weighted by Gasteiger charge is -2.29. The second kappa shape index (κ2) is 6.94. The van der Waals surface area contributed by atoms with Crippen LogP contribution in [0.5, 0.6) is 0 Å². The fraction of sp³-hybridized carbons (Fsp3) is 0.533. The first-order valence-corrected chi connectivity index (χ1v) is 7.60. The average molecular weight is 326 g/mol. The number of methoxy groups -OCH3 is 1. The first kappa shape index (κ1) is 14.4. The molecule has 1 unspecified atom stereocenters. The summed E-state index contributed by atoms with van der Waals surface area (Å²) in [6.45, 7) is 0. The third kappa shape index (κ3) is 3.96.